The van der Waals surface area contributed by atoms with Crippen LogP contribution in [0.1, 0.15) is 62.3 Å². The van der Waals surface area contributed by atoms with Gasteiger partial charge in [-0.15, -0.1) is 0 Å². The second-order valence-electron chi connectivity index (χ2n) is 11.5. The molecule has 1 amide bonds. The number of piperidine rings is 1. The number of esters is 3. The van der Waals surface area contributed by atoms with E-state index < -0.39 is 64.4 Å². The molecule has 0 unspecified atom stereocenters. The summed E-state index contributed by atoms with van der Waals surface area (Å²) in [5.41, 5.74) is -2.53. The first kappa shape index (κ1) is 26.5. The zero-order valence-electron chi connectivity index (χ0n) is 20.6. The Hall–Kier alpha value is -1.77. The van der Waals surface area contributed by atoms with Crippen LogP contribution in [-0.4, -0.2) is 71.1 Å². The maximum Gasteiger partial charge on any atom is 0.312 e. The third kappa shape index (κ3) is 5.97. The van der Waals surface area contributed by atoms with Crippen molar-refractivity contribution in [1.82, 2.24) is 4.90 Å². The van der Waals surface area contributed by atoms with Crippen molar-refractivity contribution in [2.75, 3.05) is 18.1 Å². The first-order valence-electron chi connectivity index (χ1n) is 11.0. The fraction of sp³-hybridized carbons (Fsp3) is 0.826. The Morgan fingerprint density at radius 3 is 1.69 bits per heavy atom. The molecule has 0 aliphatic carbocycles. The van der Waals surface area contributed by atoms with Crippen molar-refractivity contribution in [3.63, 3.8) is 0 Å². The van der Waals surface area contributed by atoms with E-state index in [4.69, 9.17) is 14.2 Å². The Morgan fingerprint density at radius 1 is 0.781 bits per heavy atom. The third-order valence-corrected chi connectivity index (χ3v) is 6.30. The van der Waals surface area contributed by atoms with Gasteiger partial charge in [0.1, 0.15) is 0 Å². The Morgan fingerprint density at radius 2 is 1.22 bits per heavy atom. The molecule has 0 saturated carbocycles. The molecule has 2 fully saturated rings. The largest absolute Gasteiger partial charge is 0.456 e. The van der Waals surface area contributed by atoms with E-state index in [1.807, 2.05) is 0 Å². The van der Waals surface area contributed by atoms with Crippen molar-refractivity contribution in [2.45, 2.75) is 86.7 Å². The van der Waals surface area contributed by atoms with Crippen LogP contribution in [0.2, 0.25) is 0 Å². The predicted octanol–water partition coefficient (Wildman–Crippen LogP) is 2.82. The van der Waals surface area contributed by atoms with Crippen LogP contribution in [0, 0.1) is 16.2 Å². The first-order chi connectivity index (χ1) is 14.4. The van der Waals surface area contributed by atoms with Gasteiger partial charge >= 0.3 is 17.9 Å². The highest BCUT2D eigenvalue weighted by Crippen LogP contribution is 2.35. The zero-order valence-corrected chi connectivity index (χ0v) is 21.5. The fourth-order valence-corrected chi connectivity index (χ4v) is 4.25. The van der Waals surface area contributed by atoms with Crippen LogP contribution in [-0.2, 0) is 33.4 Å². The summed E-state index contributed by atoms with van der Waals surface area (Å²) in [6, 6.07) is -0.477. The Labute approximate surface area is 195 Å². The molecule has 8 nitrogen and oxygen atoms in total. The first-order valence-corrected chi connectivity index (χ1v) is 12.1. The zero-order chi connectivity index (χ0) is 24.6. The number of thioether (sulfide) groups is 1. The summed E-state index contributed by atoms with van der Waals surface area (Å²) in [7, 11) is 0. The molecular weight excluding hydrogens is 434 g/mol. The lowest BCUT2D eigenvalue weighted by molar-refractivity contribution is -0.215. The van der Waals surface area contributed by atoms with Crippen LogP contribution in [0.15, 0.2) is 0 Å². The van der Waals surface area contributed by atoms with E-state index in [-0.39, 0.29) is 0 Å². The van der Waals surface area contributed by atoms with Crippen LogP contribution in [0.5, 0.6) is 0 Å². The molecule has 2 aliphatic heterocycles. The molecule has 9 heteroatoms. The minimum Gasteiger partial charge on any atom is -0.456 e. The standard InChI is InChI=1S/C23H37NO7S/c1-21(2,3)18(26)29-14-13-12-32-11-10-24(13)17(25)16(31-20(28)23(7,8)9)15(14)30-19(27)22(4,5)6/h13-16H,10-12H2,1-9H3/t13-,14+,15+,16-/m1/s1. The van der Waals surface area contributed by atoms with Crippen LogP contribution in [0.3, 0.4) is 0 Å². The quantitative estimate of drug-likeness (QED) is 0.458. The number of fused-ring (bicyclic) bond motifs is 1. The van der Waals surface area contributed by atoms with Crippen molar-refractivity contribution in [2.24, 2.45) is 16.2 Å². The van der Waals surface area contributed by atoms with E-state index in [2.05, 4.69) is 0 Å². The highest BCUT2D eigenvalue weighted by atomic mass is 32.2. The van der Waals surface area contributed by atoms with Crippen molar-refractivity contribution >= 4 is 35.6 Å². The molecular formula is C23H37NO7S. The maximum atomic E-state index is 13.4. The van der Waals surface area contributed by atoms with Gasteiger partial charge in [0.15, 0.2) is 12.2 Å². The predicted molar refractivity (Wildman–Crippen MR) is 121 cm³/mol. The minimum atomic E-state index is -1.38. The number of nitrogens with zero attached hydrogens (tertiary/aromatic N) is 1. The summed E-state index contributed by atoms with van der Waals surface area (Å²) in [5, 5.41) is 0. The van der Waals surface area contributed by atoms with E-state index in [0.717, 1.165) is 0 Å². The van der Waals surface area contributed by atoms with Crippen molar-refractivity contribution in [1.29, 1.82) is 0 Å². The Balaban J connectivity index is 2.52. The summed E-state index contributed by atoms with van der Waals surface area (Å²) in [4.78, 5) is 53.4. The van der Waals surface area contributed by atoms with Crippen molar-refractivity contribution in [3.8, 4) is 0 Å². The normalized spacial score (nSPS) is 26.8. The molecule has 32 heavy (non-hydrogen) atoms. The van der Waals surface area contributed by atoms with Gasteiger partial charge in [0, 0.05) is 18.1 Å². The summed E-state index contributed by atoms with van der Waals surface area (Å²) in [6.45, 7) is 15.7. The van der Waals surface area contributed by atoms with Gasteiger partial charge in [0.2, 0.25) is 6.10 Å². The van der Waals surface area contributed by atoms with Gasteiger partial charge in [-0.1, -0.05) is 0 Å². The average Bonchev–Trinajstić information content (AvgIpc) is 2.64. The molecule has 0 spiro atoms. The lowest BCUT2D eigenvalue weighted by atomic mass is 9.90. The second-order valence-corrected chi connectivity index (χ2v) is 12.6. The number of hydrogen-bond donors (Lipinski definition) is 0. The number of rotatable bonds is 3. The van der Waals surface area contributed by atoms with E-state index in [0.29, 0.717) is 18.1 Å². The molecule has 4 atom stereocenters. The molecule has 0 radical (unpaired) electrons. The van der Waals surface area contributed by atoms with Crippen LogP contribution >= 0.6 is 11.8 Å². The molecule has 0 aromatic rings. The van der Waals surface area contributed by atoms with Crippen LogP contribution < -0.4 is 0 Å². The lowest BCUT2D eigenvalue weighted by Crippen LogP contribution is -2.69. The van der Waals surface area contributed by atoms with Crippen molar-refractivity contribution < 1.29 is 33.4 Å². The fourth-order valence-electron chi connectivity index (χ4n) is 3.15. The van der Waals surface area contributed by atoms with Gasteiger partial charge in [-0.3, -0.25) is 19.2 Å². The van der Waals surface area contributed by atoms with E-state index in [1.54, 1.807) is 79.0 Å². The third-order valence-electron chi connectivity index (χ3n) is 5.25. The summed E-state index contributed by atoms with van der Waals surface area (Å²) in [6.07, 6.45) is -3.56. The average molecular weight is 472 g/mol. The highest BCUT2D eigenvalue weighted by Gasteiger charge is 2.56. The summed E-state index contributed by atoms with van der Waals surface area (Å²) >= 11 is 1.63. The van der Waals surface area contributed by atoms with Gasteiger partial charge in [-0.25, -0.2) is 0 Å². The van der Waals surface area contributed by atoms with Gasteiger partial charge < -0.3 is 19.1 Å². The molecule has 0 bridgehead atoms. The number of hydrogen-bond acceptors (Lipinski definition) is 8. The van der Waals surface area contributed by atoms with E-state index >= 15 is 0 Å². The molecule has 0 aromatic carbocycles. The maximum absolute atomic E-state index is 13.4. The number of carbonyl (C=O) groups excluding carboxylic acids is 4. The number of ether oxygens (including phenoxy) is 3. The topological polar surface area (TPSA) is 99.2 Å². The van der Waals surface area contributed by atoms with Crippen LogP contribution in [0.4, 0.5) is 0 Å². The molecule has 0 N–H and O–H groups in total. The van der Waals surface area contributed by atoms with Gasteiger partial charge in [0.25, 0.3) is 5.91 Å². The smallest absolute Gasteiger partial charge is 0.312 e. The molecule has 2 rings (SSSR count). The van der Waals surface area contributed by atoms with Gasteiger partial charge in [-0.05, 0) is 62.3 Å². The molecule has 2 aliphatic rings. The summed E-state index contributed by atoms with van der Waals surface area (Å²) < 4.78 is 17.3. The molecule has 2 saturated heterocycles. The molecule has 0 aromatic heterocycles. The summed E-state index contributed by atoms with van der Waals surface area (Å²) in [5.74, 6) is -0.835. The van der Waals surface area contributed by atoms with Gasteiger partial charge in [-0.2, -0.15) is 11.8 Å². The second kappa shape index (κ2) is 9.23. The lowest BCUT2D eigenvalue weighted by Gasteiger charge is -2.49. The molecule has 2 heterocycles. The van der Waals surface area contributed by atoms with Crippen molar-refractivity contribution in [3.05, 3.63) is 0 Å². The van der Waals surface area contributed by atoms with E-state index in [1.165, 1.54) is 0 Å². The SMILES string of the molecule is CC(C)(C)C(=O)O[C@@H]1[C@H](OC(=O)C(C)(C)C)[C@@H](OC(=O)C(C)(C)C)C(=O)N2CCSC[C@H]12. The highest BCUT2D eigenvalue weighted by molar-refractivity contribution is 7.99. The minimum absolute atomic E-state index is 0.428. The van der Waals surface area contributed by atoms with Crippen LogP contribution in [0.25, 0.3) is 0 Å². The Kier molecular flexibility index (Phi) is 7.64. The number of amides is 1. The Bertz CT molecular complexity index is 760. The number of carbonyl (C=O) groups is 4. The molecule has 182 valence electrons. The van der Waals surface area contributed by atoms with E-state index in [9.17, 15) is 19.2 Å². The monoisotopic (exact) mass is 471 g/mol. The van der Waals surface area contributed by atoms with Gasteiger partial charge in [0.05, 0.1) is 22.3 Å².